The van der Waals surface area contributed by atoms with Gasteiger partial charge in [-0.15, -0.1) is 0 Å². The van der Waals surface area contributed by atoms with Crippen LogP contribution in [0.5, 0.6) is 0 Å². The Morgan fingerprint density at radius 1 is 1.71 bits per heavy atom. The highest BCUT2D eigenvalue weighted by atomic mass is 32.1. The number of aliphatic hydroxyl groups excluding tert-OH is 1. The van der Waals surface area contributed by atoms with E-state index in [1.54, 1.807) is 0 Å². The van der Waals surface area contributed by atoms with E-state index in [4.69, 9.17) is 10.4 Å². The zero-order valence-electron chi connectivity index (χ0n) is 3.46. The number of hydrogen-bond donors (Lipinski definition) is 3. The molecule has 4 nitrogen and oxygen atoms in total. The van der Waals surface area contributed by atoms with Crippen molar-refractivity contribution in [1.29, 1.82) is 5.26 Å². The van der Waals surface area contributed by atoms with E-state index in [-0.39, 0.29) is 5.11 Å². The average molecular weight is 119 g/mol. The molecule has 0 aromatic carbocycles. The summed E-state index contributed by atoms with van der Waals surface area (Å²) >= 11 is 4.09. The molecule has 0 aliphatic carbocycles. The van der Waals surface area contributed by atoms with Crippen molar-refractivity contribution < 1.29 is 5.11 Å². The molecule has 0 fully saturated rings. The lowest BCUT2D eigenvalue weighted by Gasteiger charge is -1.68. The Hall–Kier alpha value is -1.02. The van der Waals surface area contributed by atoms with Gasteiger partial charge in [0.05, 0.1) is 0 Å². The molecule has 0 atom stereocenters. The van der Waals surface area contributed by atoms with E-state index in [1.165, 1.54) is 0 Å². The summed E-state index contributed by atoms with van der Waals surface area (Å²) in [4.78, 5) is 0. The Balaban J connectivity index is 0. The predicted octanol–water partition coefficient (Wildman–Crippen LogP) is -0.971. The molecule has 0 radical (unpaired) electrons. The number of nitriles is 1. The Morgan fingerprint density at radius 3 is 1.71 bits per heavy atom. The maximum absolute atomic E-state index is 6.88. The number of hydrogen-bond acceptors (Lipinski definition) is 3. The molecule has 40 valence electrons. The third-order valence-electron chi connectivity index (χ3n) is 0. The van der Waals surface area contributed by atoms with Gasteiger partial charge in [-0.05, 0) is 12.2 Å². The third kappa shape index (κ3) is 42.5. The van der Waals surface area contributed by atoms with Crippen LogP contribution in [-0.4, -0.2) is 10.2 Å². The predicted molar refractivity (Wildman–Crippen MR) is 28.5 cm³/mol. The van der Waals surface area contributed by atoms with Gasteiger partial charge in [-0.3, -0.25) is 0 Å². The molecule has 0 saturated heterocycles. The Kier molecular flexibility index (Phi) is 11.9. The first-order chi connectivity index (χ1) is 3.15. The lowest BCUT2D eigenvalue weighted by atomic mass is 11.3. The minimum absolute atomic E-state index is 0.000000000000000222. The van der Waals surface area contributed by atoms with E-state index in [1.807, 2.05) is 0 Å². The minimum atomic E-state index is 0.000000000000000222. The first-order valence-corrected chi connectivity index (χ1v) is 1.64. The Bertz CT molecular complexity index is 81.4. The van der Waals surface area contributed by atoms with Gasteiger partial charge in [0.15, 0.2) is 5.11 Å². The lowest BCUT2D eigenvalue weighted by Crippen LogP contribution is -2.18. The van der Waals surface area contributed by atoms with Gasteiger partial charge in [0.1, 0.15) is 0 Å². The maximum atomic E-state index is 6.88. The fourth-order valence-electron chi connectivity index (χ4n) is 0. The van der Waals surface area contributed by atoms with Crippen LogP contribution in [-0.2, 0) is 0 Å². The summed E-state index contributed by atoms with van der Waals surface area (Å²) in [5.74, 6) is 0. The summed E-state index contributed by atoms with van der Waals surface area (Å²) in [5.41, 5.74) is 9.24. The van der Waals surface area contributed by atoms with E-state index in [2.05, 4.69) is 23.7 Å². The summed E-state index contributed by atoms with van der Waals surface area (Å²) in [5, 5.41) is 13.8. The van der Waals surface area contributed by atoms with Crippen LogP contribution in [0.25, 0.3) is 0 Å². The minimum Gasteiger partial charge on any atom is -0.443 e. The fraction of sp³-hybridized carbons (Fsp3) is 0. The van der Waals surface area contributed by atoms with Gasteiger partial charge < -0.3 is 16.6 Å². The number of nitrogens with zero attached hydrogens (tertiary/aromatic N) is 1. The van der Waals surface area contributed by atoms with Gasteiger partial charge in [0, 0.05) is 0 Å². The molecule has 0 heterocycles. The van der Waals surface area contributed by atoms with Crippen molar-refractivity contribution in [2.75, 3.05) is 0 Å². The van der Waals surface area contributed by atoms with Crippen molar-refractivity contribution in [3.8, 4) is 6.26 Å². The monoisotopic (exact) mass is 119 g/mol. The maximum Gasteiger partial charge on any atom is 0.283 e. The molecule has 5 N–H and O–H groups in total. The second kappa shape index (κ2) is 8.88. The van der Waals surface area contributed by atoms with Crippen molar-refractivity contribution in [2.45, 2.75) is 0 Å². The molecule has 0 aromatic heterocycles. The zero-order chi connectivity index (χ0) is 6.28. The highest BCUT2D eigenvalue weighted by Gasteiger charge is 1.53. The van der Waals surface area contributed by atoms with Gasteiger partial charge in [0.2, 0.25) is 0 Å². The van der Waals surface area contributed by atoms with Crippen LogP contribution < -0.4 is 11.5 Å². The molecule has 7 heavy (non-hydrogen) atoms. The highest BCUT2D eigenvalue weighted by Crippen LogP contribution is 1.32. The summed E-state index contributed by atoms with van der Waals surface area (Å²) in [6, 6.07) is 0. The van der Waals surface area contributed by atoms with Gasteiger partial charge in [-0.2, -0.15) is 5.26 Å². The molecule has 0 saturated carbocycles. The highest BCUT2D eigenvalue weighted by molar-refractivity contribution is 7.80. The molecule has 0 bridgehead atoms. The third-order valence-corrected chi connectivity index (χ3v) is 0. The van der Waals surface area contributed by atoms with Gasteiger partial charge in [0.25, 0.3) is 6.26 Å². The van der Waals surface area contributed by atoms with E-state index in [0.717, 1.165) is 6.26 Å². The number of rotatable bonds is 0. The number of thiocarbonyl (C=S) groups is 1. The molecule has 0 unspecified atom stereocenters. The molecule has 0 aliphatic heterocycles. The molecule has 0 rings (SSSR count). The molecule has 5 heteroatoms. The molecule has 0 amide bonds. The van der Waals surface area contributed by atoms with Gasteiger partial charge in [-0.25, -0.2) is 0 Å². The smallest absolute Gasteiger partial charge is 0.283 e. The van der Waals surface area contributed by atoms with Crippen LogP contribution in [0.15, 0.2) is 0 Å². The van der Waals surface area contributed by atoms with Gasteiger partial charge >= 0.3 is 0 Å². The Labute approximate surface area is 46.3 Å². The second-order valence-electron chi connectivity index (χ2n) is 0.502. The fourth-order valence-corrected chi connectivity index (χ4v) is 0. The van der Waals surface area contributed by atoms with Crippen molar-refractivity contribution >= 4 is 17.3 Å². The lowest BCUT2D eigenvalue weighted by molar-refractivity contribution is 0.503. The van der Waals surface area contributed by atoms with E-state index < -0.39 is 0 Å². The topological polar surface area (TPSA) is 96.1 Å². The first kappa shape index (κ1) is 9.36. The van der Waals surface area contributed by atoms with Crippen LogP contribution >= 0.6 is 12.2 Å². The van der Waals surface area contributed by atoms with E-state index >= 15 is 0 Å². The van der Waals surface area contributed by atoms with E-state index in [9.17, 15) is 0 Å². The van der Waals surface area contributed by atoms with Crippen LogP contribution in [0.1, 0.15) is 0 Å². The van der Waals surface area contributed by atoms with Crippen LogP contribution in [0.4, 0.5) is 0 Å². The molecule has 0 spiro atoms. The van der Waals surface area contributed by atoms with Crippen LogP contribution in [0, 0.1) is 11.5 Å². The largest absolute Gasteiger partial charge is 0.443 e. The number of nitrogens with two attached hydrogens (primary N) is 2. The van der Waals surface area contributed by atoms with Crippen molar-refractivity contribution in [2.24, 2.45) is 11.5 Å². The normalized spacial score (nSPS) is 4.43. The summed E-state index contributed by atoms with van der Waals surface area (Å²) in [7, 11) is 0. The van der Waals surface area contributed by atoms with E-state index in [0.29, 0.717) is 0 Å². The summed E-state index contributed by atoms with van der Waals surface area (Å²) in [6.45, 7) is 0. The summed E-state index contributed by atoms with van der Waals surface area (Å²) in [6.07, 6.45) is 0.750. The van der Waals surface area contributed by atoms with Crippen molar-refractivity contribution in [3.63, 3.8) is 0 Å². The van der Waals surface area contributed by atoms with Gasteiger partial charge in [-0.1, -0.05) is 0 Å². The standard InChI is InChI=1S/CH4N2S.CHNO/c2-1(3)4;2-1-3/h(H4,2,3,4);3H. The van der Waals surface area contributed by atoms with Crippen LogP contribution in [0.3, 0.4) is 0 Å². The van der Waals surface area contributed by atoms with Crippen molar-refractivity contribution in [1.82, 2.24) is 0 Å². The van der Waals surface area contributed by atoms with Crippen LogP contribution in [0.2, 0.25) is 0 Å². The molecular weight excluding hydrogens is 114 g/mol. The van der Waals surface area contributed by atoms with Crippen molar-refractivity contribution in [3.05, 3.63) is 0 Å². The molecule has 0 aromatic rings. The zero-order valence-corrected chi connectivity index (χ0v) is 4.27. The molecular formula is C2H5N3OS. The second-order valence-corrected chi connectivity index (χ2v) is 0.974. The SMILES string of the molecule is N#CO.NC(N)=S. The quantitative estimate of drug-likeness (QED) is 0.281. The molecule has 0 aliphatic rings. The first-order valence-electron chi connectivity index (χ1n) is 1.23. The summed E-state index contributed by atoms with van der Waals surface area (Å²) < 4.78 is 0. The number of aliphatic hydroxyl groups is 1. The average Bonchev–Trinajstić information content (AvgIpc) is 1.33. The Morgan fingerprint density at radius 2 is 1.71 bits per heavy atom.